The summed E-state index contributed by atoms with van der Waals surface area (Å²) in [4.78, 5) is 18.7. The minimum Gasteiger partial charge on any atom is -0.367 e. The van der Waals surface area contributed by atoms with E-state index < -0.39 is 12.2 Å². The van der Waals surface area contributed by atoms with Crippen LogP contribution in [0.3, 0.4) is 0 Å². The Balaban J connectivity index is 1.69. The Morgan fingerprint density at radius 1 is 1.27 bits per heavy atom. The minimum absolute atomic E-state index is 0.0761. The van der Waals surface area contributed by atoms with Gasteiger partial charge in [-0.2, -0.15) is 18.3 Å². The summed E-state index contributed by atoms with van der Waals surface area (Å²) in [5.41, 5.74) is 2.14. The molecule has 4 rings (SSSR count). The minimum atomic E-state index is -4.40. The molecule has 0 aromatic carbocycles. The zero-order valence-corrected chi connectivity index (χ0v) is 18.1. The molecule has 164 valence electrons. The average molecular weight is 442 g/mol. The van der Waals surface area contributed by atoms with E-state index in [0.717, 1.165) is 17.5 Å². The first-order valence-electron chi connectivity index (χ1n) is 10.2. The number of thiazole rings is 1. The molecule has 0 aliphatic carbocycles. The van der Waals surface area contributed by atoms with Gasteiger partial charge >= 0.3 is 6.18 Å². The van der Waals surface area contributed by atoms with Crippen LogP contribution >= 0.6 is 11.3 Å². The standard InChI is InChI=1S/C20H26F3N5OS/c1-19(2,3)15-9-16(20(21,22)23)28-17(25-15)8-12(26-28)14-6-4-5-7-27(14)18(29)13-10-30-11-24-13/h8,10-11,14-16,25H,4-7,9H2,1-3H3/t14?,15-,16+/m0/s1. The van der Waals surface area contributed by atoms with Gasteiger partial charge in [0.15, 0.2) is 6.04 Å². The van der Waals surface area contributed by atoms with E-state index >= 15 is 0 Å². The first-order chi connectivity index (χ1) is 14.1. The first kappa shape index (κ1) is 21.1. The van der Waals surface area contributed by atoms with Gasteiger partial charge < -0.3 is 10.2 Å². The number of nitrogens with one attached hydrogen (secondary N) is 1. The second kappa shape index (κ2) is 7.55. The van der Waals surface area contributed by atoms with Gasteiger partial charge in [-0.1, -0.05) is 20.8 Å². The van der Waals surface area contributed by atoms with Crippen molar-refractivity contribution in [1.29, 1.82) is 0 Å². The molecule has 2 aliphatic rings. The number of alkyl halides is 3. The van der Waals surface area contributed by atoms with E-state index in [4.69, 9.17) is 0 Å². The Kier molecular flexibility index (Phi) is 5.32. The van der Waals surface area contributed by atoms with Crippen LogP contribution in [-0.4, -0.2) is 44.3 Å². The first-order valence-corrected chi connectivity index (χ1v) is 11.1. The van der Waals surface area contributed by atoms with Gasteiger partial charge in [0, 0.05) is 24.0 Å². The number of anilines is 1. The lowest BCUT2D eigenvalue weighted by atomic mass is 9.82. The number of hydrogen-bond acceptors (Lipinski definition) is 5. The van der Waals surface area contributed by atoms with Gasteiger partial charge in [0.25, 0.3) is 5.91 Å². The molecule has 1 unspecified atom stereocenters. The number of halogens is 3. The van der Waals surface area contributed by atoms with Crippen LogP contribution < -0.4 is 5.32 Å². The van der Waals surface area contributed by atoms with Crippen molar-refractivity contribution in [3.8, 4) is 0 Å². The van der Waals surface area contributed by atoms with E-state index in [1.807, 2.05) is 20.8 Å². The molecule has 2 aliphatic heterocycles. The van der Waals surface area contributed by atoms with Gasteiger partial charge in [-0.15, -0.1) is 11.3 Å². The van der Waals surface area contributed by atoms with E-state index in [0.29, 0.717) is 30.2 Å². The Hall–Kier alpha value is -2.10. The fraction of sp³-hybridized carbons (Fsp3) is 0.650. The Morgan fingerprint density at radius 3 is 2.67 bits per heavy atom. The number of fused-ring (bicyclic) bond motifs is 1. The van der Waals surface area contributed by atoms with Crippen molar-refractivity contribution in [2.45, 2.75) is 70.8 Å². The molecule has 1 amide bonds. The van der Waals surface area contributed by atoms with Crippen LogP contribution in [0.4, 0.5) is 19.0 Å². The van der Waals surface area contributed by atoms with E-state index in [2.05, 4.69) is 15.4 Å². The third-order valence-electron chi connectivity index (χ3n) is 6.01. The highest BCUT2D eigenvalue weighted by atomic mass is 32.1. The number of hydrogen-bond donors (Lipinski definition) is 1. The van der Waals surface area contributed by atoms with Crippen molar-refractivity contribution in [3.05, 3.63) is 28.3 Å². The monoisotopic (exact) mass is 441 g/mol. The maximum absolute atomic E-state index is 13.9. The number of rotatable bonds is 2. The summed E-state index contributed by atoms with van der Waals surface area (Å²) >= 11 is 1.34. The van der Waals surface area contributed by atoms with Gasteiger partial charge in [-0.05, 0) is 31.1 Å². The molecule has 2 aromatic rings. The van der Waals surface area contributed by atoms with Crippen molar-refractivity contribution in [2.75, 3.05) is 11.9 Å². The SMILES string of the molecule is CC(C)(C)[C@@H]1C[C@H](C(F)(F)F)n2nc(C3CCCCN3C(=O)c3cscn3)cc2N1. The fourth-order valence-corrected chi connectivity index (χ4v) is 4.80. The van der Waals surface area contributed by atoms with Crippen LogP contribution in [-0.2, 0) is 0 Å². The molecule has 0 saturated carbocycles. The predicted octanol–water partition coefficient (Wildman–Crippen LogP) is 5.04. The molecular formula is C20H26F3N5OS. The largest absolute Gasteiger partial charge is 0.410 e. The summed E-state index contributed by atoms with van der Waals surface area (Å²) in [6.07, 6.45) is -2.05. The Labute approximate surface area is 177 Å². The quantitative estimate of drug-likeness (QED) is 0.709. The second-order valence-electron chi connectivity index (χ2n) is 9.14. The molecule has 2 aromatic heterocycles. The molecule has 6 nitrogen and oxygen atoms in total. The summed E-state index contributed by atoms with van der Waals surface area (Å²) in [5, 5.41) is 9.33. The van der Waals surface area contributed by atoms with E-state index in [1.54, 1.807) is 21.9 Å². The second-order valence-corrected chi connectivity index (χ2v) is 9.86. The predicted molar refractivity (Wildman–Crippen MR) is 109 cm³/mol. The maximum Gasteiger partial charge on any atom is 0.410 e. The van der Waals surface area contributed by atoms with Crippen molar-refractivity contribution in [2.24, 2.45) is 5.41 Å². The molecule has 10 heteroatoms. The van der Waals surface area contributed by atoms with Gasteiger partial charge in [0.05, 0.1) is 17.2 Å². The molecule has 4 heterocycles. The van der Waals surface area contributed by atoms with Crippen molar-refractivity contribution in [3.63, 3.8) is 0 Å². The highest BCUT2D eigenvalue weighted by molar-refractivity contribution is 7.07. The molecule has 1 fully saturated rings. The van der Waals surface area contributed by atoms with Crippen LogP contribution in [0.25, 0.3) is 0 Å². The number of nitrogens with zero attached hydrogens (tertiary/aromatic N) is 4. The fourth-order valence-electron chi connectivity index (χ4n) is 4.27. The number of amides is 1. The highest BCUT2D eigenvalue weighted by Gasteiger charge is 2.48. The molecule has 30 heavy (non-hydrogen) atoms. The summed E-state index contributed by atoms with van der Waals surface area (Å²) in [5.74, 6) is 0.171. The zero-order chi connectivity index (χ0) is 21.7. The summed E-state index contributed by atoms with van der Waals surface area (Å²) in [7, 11) is 0. The van der Waals surface area contributed by atoms with E-state index in [9.17, 15) is 18.0 Å². The lowest BCUT2D eigenvalue weighted by Crippen LogP contribution is -2.44. The molecular weight excluding hydrogens is 415 g/mol. The normalized spacial score (nSPS) is 25.0. The highest BCUT2D eigenvalue weighted by Crippen LogP contribution is 2.44. The average Bonchev–Trinajstić information content (AvgIpc) is 3.34. The number of piperidine rings is 1. The molecule has 0 spiro atoms. The van der Waals surface area contributed by atoms with Gasteiger partial charge in [0.2, 0.25) is 0 Å². The smallest absolute Gasteiger partial charge is 0.367 e. The van der Waals surface area contributed by atoms with Crippen molar-refractivity contribution in [1.82, 2.24) is 19.7 Å². The van der Waals surface area contributed by atoms with Crippen LogP contribution in [0.5, 0.6) is 0 Å². The van der Waals surface area contributed by atoms with Crippen molar-refractivity contribution >= 4 is 23.1 Å². The third-order valence-corrected chi connectivity index (χ3v) is 6.60. The van der Waals surface area contributed by atoms with Crippen LogP contribution in [0, 0.1) is 5.41 Å². The number of carbonyl (C=O) groups is 1. The van der Waals surface area contributed by atoms with Crippen molar-refractivity contribution < 1.29 is 18.0 Å². The Bertz CT molecular complexity index is 903. The van der Waals surface area contributed by atoms with Gasteiger partial charge in [0.1, 0.15) is 11.5 Å². The molecule has 3 atom stereocenters. The molecule has 0 radical (unpaired) electrons. The summed E-state index contributed by atoms with van der Waals surface area (Å²) in [6, 6.07) is -0.679. The van der Waals surface area contributed by atoms with Gasteiger partial charge in [-0.25, -0.2) is 9.67 Å². The van der Waals surface area contributed by atoms with Crippen LogP contribution in [0.15, 0.2) is 17.0 Å². The summed E-state index contributed by atoms with van der Waals surface area (Å²) < 4.78 is 42.7. The number of aromatic nitrogens is 3. The molecule has 1 N–H and O–H groups in total. The van der Waals surface area contributed by atoms with Crippen LogP contribution in [0.1, 0.15) is 74.7 Å². The van der Waals surface area contributed by atoms with E-state index in [1.165, 1.54) is 11.3 Å². The third kappa shape index (κ3) is 3.93. The lowest BCUT2D eigenvalue weighted by Gasteiger charge is -2.39. The zero-order valence-electron chi connectivity index (χ0n) is 17.2. The molecule has 0 bridgehead atoms. The number of carbonyl (C=O) groups excluding carboxylic acids is 1. The molecule has 1 saturated heterocycles. The van der Waals surface area contributed by atoms with E-state index in [-0.39, 0.29) is 29.8 Å². The lowest BCUT2D eigenvalue weighted by molar-refractivity contribution is -0.175. The summed E-state index contributed by atoms with van der Waals surface area (Å²) in [6.45, 7) is 6.34. The Morgan fingerprint density at radius 2 is 2.03 bits per heavy atom. The van der Waals surface area contributed by atoms with Gasteiger partial charge in [-0.3, -0.25) is 4.79 Å². The van der Waals surface area contributed by atoms with Crippen LogP contribution in [0.2, 0.25) is 0 Å². The number of likely N-dealkylation sites (tertiary alicyclic amines) is 1. The topological polar surface area (TPSA) is 63.1 Å². The maximum atomic E-state index is 13.9.